The largest absolute Gasteiger partial charge is 0.160 e. The van der Waals surface area contributed by atoms with E-state index in [0.29, 0.717) is 9.16 Å². The van der Waals surface area contributed by atoms with Crippen LogP contribution in [0.2, 0.25) is 0 Å². The Morgan fingerprint density at radius 3 is 0.929 bits per heavy atom. The molecule has 0 saturated carbocycles. The van der Waals surface area contributed by atoms with E-state index in [2.05, 4.69) is 118 Å². The molecule has 5 rings (SSSR count). The molecule has 0 radical (unpaired) electrons. The van der Waals surface area contributed by atoms with Gasteiger partial charge in [0.05, 0.1) is 9.16 Å². The maximum absolute atomic E-state index is 2.47. The molecule has 0 atom stereocenters. The first-order valence-corrected chi connectivity index (χ1v) is 18.2. The van der Waals surface area contributed by atoms with Crippen molar-refractivity contribution < 1.29 is 0 Å². The van der Waals surface area contributed by atoms with Gasteiger partial charge in [-0.3, -0.25) is 0 Å². The summed E-state index contributed by atoms with van der Waals surface area (Å²) in [5.74, 6) is 10.8. The molecule has 8 heteroatoms. The van der Waals surface area contributed by atoms with Gasteiger partial charge in [0.1, 0.15) is 0 Å². The second-order valence-electron chi connectivity index (χ2n) is 7.51. The van der Waals surface area contributed by atoms with Crippen molar-refractivity contribution in [3.63, 3.8) is 0 Å². The zero-order chi connectivity index (χ0) is 18.8. The molecule has 0 aromatic heterocycles. The summed E-state index contributed by atoms with van der Waals surface area (Å²) in [4.78, 5) is 0. The highest BCUT2D eigenvalue weighted by atomic mass is 32.2. The Kier molecular flexibility index (Phi) is 8.39. The average molecular weight is 523 g/mol. The van der Waals surface area contributed by atoms with Crippen LogP contribution >= 0.6 is 94.1 Å². The van der Waals surface area contributed by atoms with Crippen molar-refractivity contribution in [3.05, 3.63) is 35.4 Å². The van der Waals surface area contributed by atoms with Gasteiger partial charge >= 0.3 is 0 Å². The van der Waals surface area contributed by atoms with Crippen LogP contribution in [0.4, 0.5) is 0 Å². The van der Waals surface area contributed by atoms with E-state index < -0.39 is 0 Å². The van der Waals surface area contributed by atoms with Crippen molar-refractivity contribution >= 4 is 94.1 Å². The van der Waals surface area contributed by atoms with Crippen LogP contribution in [-0.4, -0.2) is 67.0 Å². The van der Waals surface area contributed by atoms with E-state index in [1.807, 2.05) is 0 Å². The summed E-state index contributed by atoms with van der Waals surface area (Å²) in [6.07, 6.45) is 0. The number of hydrogen-bond donors (Lipinski definition) is 0. The summed E-state index contributed by atoms with van der Waals surface area (Å²) >= 11 is 17.4. The SMILES string of the molecule is c1cc(C(SC2CSC2)SC2CSC2)ccc1C(SC1CSC1)SC1CSC1. The van der Waals surface area contributed by atoms with Gasteiger partial charge in [0.25, 0.3) is 0 Å². The minimum absolute atomic E-state index is 0.635. The monoisotopic (exact) mass is 522 g/mol. The summed E-state index contributed by atoms with van der Waals surface area (Å²) in [7, 11) is 0. The van der Waals surface area contributed by atoms with Crippen LogP contribution in [0.3, 0.4) is 0 Å². The summed E-state index contributed by atoms with van der Waals surface area (Å²) in [5.41, 5.74) is 3.11. The van der Waals surface area contributed by atoms with Gasteiger partial charge in [0, 0.05) is 67.0 Å². The predicted molar refractivity (Wildman–Crippen MR) is 147 cm³/mol. The summed E-state index contributed by atoms with van der Waals surface area (Å²) in [6.45, 7) is 0. The Bertz CT molecular complexity index is 535. The molecule has 4 saturated heterocycles. The highest BCUT2D eigenvalue weighted by Gasteiger charge is 2.31. The highest BCUT2D eigenvalue weighted by molar-refractivity contribution is 8.20. The predicted octanol–water partition coefficient (Wildman–Crippen LogP) is 7.08. The molecular weight excluding hydrogens is 497 g/mol. The minimum Gasteiger partial charge on any atom is -0.160 e. The molecule has 4 aliphatic rings. The fraction of sp³-hybridized carbons (Fsp3) is 0.700. The summed E-state index contributed by atoms with van der Waals surface area (Å²) in [5, 5.41) is 3.50. The number of thioether (sulfide) groups is 8. The molecular formula is C20H26S8. The van der Waals surface area contributed by atoms with E-state index >= 15 is 0 Å². The van der Waals surface area contributed by atoms with Crippen LogP contribution in [0.1, 0.15) is 20.3 Å². The van der Waals surface area contributed by atoms with Gasteiger partial charge in [-0.15, -0.1) is 47.0 Å². The molecule has 4 heterocycles. The van der Waals surface area contributed by atoms with Gasteiger partial charge in [0.2, 0.25) is 0 Å². The minimum atomic E-state index is 0.635. The average Bonchev–Trinajstić information content (AvgIpc) is 2.56. The van der Waals surface area contributed by atoms with Crippen molar-refractivity contribution in [1.29, 1.82) is 0 Å². The smallest absolute Gasteiger partial charge is 0.0758 e. The van der Waals surface area contributed by atoms with E-state index in [1.165, 1.54) is 46.0 Å². The lowest BCUT2D eigenvalue weighted by molar-refractivity contribution is 1.06. The molecule has 0 unspecified atom stereocenters. The maximum Gasteiger partial charge on any atom is 0.0758 e. The Hall–Kier alpha value is 2.02. The van der Waals surface area contributed by atoms with Crippen LogP contribution in [0.5, 0.6) is 0 Å². The number of hydrogen-bond acceptors (Lipinski definition) is 8. The van der Waals surface area contributed by atoms with Gasteiger partial charge in [0.15, 0.2) is 0 Å². The van der Waals surface area contributed by atoms with Crippen LogP contribution in [0.25, 0.3) is 0 Å². The summed E-state index contributed by atoms with van der Waals surface area (Å²) < 4.78 is 1.27. The molecule has 0 N–H and O–H groups in total. The van der Waals surface area contributed by atoms with Crippen LogP contribution < -0.4 is 0 Å². The van der Waals surface area contributed by atoms with Crippen LogP contribution in [0.15, 0.2) is 24.3 Å². The topological polar surface area (TPSA) is 0 Å². The molecule has 154 valence electrons. The molecule has 4 fully saturated rings. The molecule has 0 aliphatic carbocycles. The van der Waals surface area contributed by atoms with E-state index in [9.17, 15) is 0 Å². The van der Waals surface area contributed by atoms with Crippen molar-refractivity contribution in [2.75, 3.05) is 46.0 Å². The molecule has 28 heavy (non-hydrogen) atoms. The molecule has 1 aromatic rings. The Morgan fingerprint density at radius 1 is 0.500 bits per heavy atom. The Morgan fingerprint density at radius 2 is 0.750 bits per heavy atom. The van der Waals surface area contributed by atoms with Gasteiger partial charge in [-0.25, -0.2) is 0 Å². The van der Waals surface area contributed by atoms with E-state index in [0.717, 1.165) is 21.0 Å². The maximum atomic E-state index is 2.47. The first-order valence-electron chi connectivity index (χ1n) is 9.86. The van der Waals surface area contributed by atoms with E-state index in [1.54, 1.807) is 11.1 Å². The normalized spacial score (nSPS) is 24.1. The fourth-order valence-electron chi connectivity index (χ4n) is 3.06. The van der Waals surface area contributed by atoms with Crippen molar-refractivity contribution in [2.45, 2.75) is 30.2 Å². The third-order valence-corrected chi connectivity index (χ3v) is 18.3. The molecule has 1 aromatic carbocycles. The lowest BCUT2D eigenvalue weighted by Crippen LogP contribution is -2.25. The van der Waals surface area contributed by atoms with Crippen LogP contribution in [0, 0.1) is 0 Å². The highest BCUT2D eigenvalue weighted by Crippen LogP contribution is 2.52. The quantitative estimate of drug-likeness (QED) is 0.295. The second-order valence-corrected chi connectivity index (χ2v) is 18.1. The molecule has 0 spiro atoms. The van der Waals surface area contributed by atoms with Crippen molar-refractivity contribution in [2.24, 2.45) is 0 Å². The molecule has 4 aliphatic heterocycles. The van der Waals surface area contributed by atoms with Gasteiger partial charge in [-0.2, -0.15) is 47.0 Å². The van der Waals surface area contributed by atoms with Crippen LogP contribution in [-0.2, 0) is 0 Å². The van der Waals surface area contributed by atoms with E-state index in [4.69, 9.17) is 0 Å². The molecule has 0 bridgehead atoms. The third kappa shape index (κ3) is 5.68. The summed E-state index contributed by atoms with van der Waals surface area (Å²) in [6, 6.07) is 9.88. The Labute approximate surface area is 204 Å². The second kappa shape index (κ2) is 10.8. The molecule has 0 nitrogen and oxygen atoms in total. The first kappa shape index (κ1) is 21.8. The zero-order valence-electron chi connectivity index (χ0n) is 15.7. The van der Waals surface area contributed by atoms with Crippen molar-refractivity contribution in [1.82, 2.24) is 0 Å². The Balaban J connectivity index is 1.26. The zero-order valence-corrected chi connectivity index (χ0v) is 22.2. The number of rotatable bonds is 10. The first-order chi connectivity index (χ1) is 13.8. The van der Waals surface area contributed by atoms with Gasteiger partial charge in [-0.05, 0) is 11.1 Å². The van der Waals surface area contributed by atoms with E-state index in [-0.39, 0.29) is 0 Å². The van der Waals surface area contributed by atoms with Gasteiger partial charge in [-0.1, -0.05) is 24.3 Å². The third-order valence-electron chi connectivity index (χ3n) is 5.17. The van der Waals surface area contributed by atoms with Gasteiger partial charge < -0.3 is 0 Å². The standard InChI is InChI=1S/C20H26S8/c1-2-14(20(27-17-9-23-10-17)28-18-11-24-12-18)4-3-13(1)19(25-15-5-21-6-15)26-16-7-22-8-16/h1-4,15-20H,5-12H2. The lowest BCUT2D eigenvalue weighted by Gasteiger charge is -2.34. The van der Waals surface area contributed by atoms with Crippen molar-refractivity contribution in [3.8, 4) is 0 Å². The lowest BCUT2D eigenvalue weighted by atomic mass is 10.2. The number of benzene rings is 1. The molecule has 0 amide bonds. The fourth-order valence-corrected chi connectivity index (χ4v) is 14.6.